The van der Waals surface area contributed by atoms with Crippen LogP contribution in [0, 0.1) is 10.8 Å². The quantitative estimate of drug-likeness (QED) is 0.624. The number of hydrogen-bond donors (Lipinski definition) is 1. The van der Waals surface area contributed by atoms with E-state index < -0.39 is 0 Å². The van der Waals surface area contributed by atoms with E-state index in [2.05, 4.69) is 50.8 Å². The zero-order valence-corrected chi connectivity index (χ0v) is 19.8. The van der Waals surface area contributed by atoms with Gasteiger partial charge in [0.1, 0.15) is 11.6 Å². The lowest BCUT2D eigenvalue weighted by Crippen LogP contribution is -2.40. The molecule has 1 saturated heterocycles. The van der Waals surface area contributed by atoms with Crippen molar-refractivity contribution in [2.24, 2.45) is 16.6 Å². The maximum atomic E-state index is 6.06. The van der Waals surface area contributed by atoms with Crippen molar-refractivity contribution in [1.29, 1.82) is 0 Å². The number of rotatable bonds is 2. The molecular weight excluding hydrogens is 403 g/mol. The molecule has 6 heteroatoms. The van der Waals surface area contributed by atoms with E-state index in [1.165, 1.54) is 0 Å². The molecule has 1 unspecified atom stereocenters. The molecule has 2 N–H and O–H groups in total. The van der Waals surface area contributed by atoms with Crippen LogP contribution in [0.5, 0.6) is 0 Å². The van der Waals surface area contributed by atoms with Crippen LogP contribution in [0.2, 0.25) is 0 Å². The third kappa shape index (κ3) is 4.81. The average Bonchev–Trinajstić information content (AvgIpc) is 2.66. The van der Waals surface area contributed by atoms with E-state index in [1.54, 1.807) is 11.1 Å². The predicted octanol–water partition coefficient (Wildman–Crippen LogP) is 5.43. The van der Waals surface area contributed by atoms with Gasteiger partial charge >= 0.3 is 0 Å². The van der Waals surface area contributed by atoms with Crippen molar-refractivity contribution in [3.63, 3.8) is 0 Å². The topological polar surface area (TPSA) is 55.0 Å². The molecule has 0 bridgehead atoms. The van der Waals surface area contributed by atoms with Gasteiger partial charge in [0.2, 0.25) is 0 Å². The van der Waals surface area contributed by atoms with Gasteiger partial charge in [-0.25, -0.2) is 9.97 Å². The molecule has 1 aromatic rings. The second kappa shape index (κ2) is 8.95. The fraction of sp³-hybridized carbons (Fsp3) is 0.652. The Kier molecular flexibility index (Phi) is 7.46. The summed E-state index contributed by atoms with van der Waals surface area (Å²) in [6.07, 6.45) is 12.3. The highest BCUT2D eigenvalue weighted by Gasteiger charge is 2.39. The van der Waals surface area contributed by atoms with Crippen LogP contribution in [0.3, 0.4) is 0 Å². The minimum Gasteiger partial charge on any atom is -0.356 e. The molecule has 1 aliphatic heterocycles. The highest BCUT2D eigenvalue weighted by atomic mass is 35.5. The van der Waals surface area contributed by atoms with Gasteiger partial charge in [-0.3, -0.25) is 0 Å². The molecule has 4 rings (SSSR count). The SMILES string of the molecule is CC1(C)C=CC(C)(C)C2=C1CCC(c1nccc(N3CCC(N)CC3)n1)C2.Cl.Cl. The first kappa shape index (κ1) is 24.2. The summed E-state index contributed by atoms with van der Waals surface area (Å²) in [4.78, 5) is 12.1. The molecule has 0 aromatic carbocycles. The van der Waals surface area contributed by atoms with Crippen LogP contribution in [0.15, 0.2) is 35.6 Å². The minimum atomic E-state index is 0. The summed E-state index contributed by atoms with van der Waals surface area (Å²) in [5.41, 5.74) is 9.65. The number of anilines is 1. The molecule has 1 fully saturated rings. The molecule has 2 aliphatic carbocycles. The summed E-state index contributed by atoms with van der Waals surface area (Å²) in [5.74, 6) is 2.53. The normalized spacial score (nSPS) is 25.7. The van der Waals surface area contributed by atoms with Crippen molar-refractivity contribution in [3.8, 4) is 0 Å². The third-order valence-corrected chi connectivity index (χ3v) is 6.92. The molecule has 0 radical (unpaired) electrons. The van der Waals surface area contributed by atoms with Crippen LogP contribution in [0.4, 0.5) is 5.82 Å². The lowest BCUT2D eigenvalue weighted by molar-refractivity contribution is 0.387. The molecule has 2 heterocycles. The van der Waals surface area contributed by atoms with E-state index in [4.69, 9.17) is 15.7 Å². The Bertz CT molecular complexity index is 777. The summed E-state index contributed by atoms with van der Waals surface area (Å²) >= 11 is 0. The van der Waals surface area contributed by atoms with Crippen LogP contribution < -0.4 is 10.6 Å². The van der Waals surface area contributed by atoms with Gasteiger partial charge in [-0.15, -0.1) is 24.8 Å². The number of halogens is 2. The predicted molar refractivity (Wildman–Crippen MR) is 126 cm³/mol. The standard InChI is InChI=1S/C23H34N4.2ClH/c1-22(2)10-11-23(3,4)19-15-16(5-6-18(19)22)21-25-12-7-20(26-21)27-13-8-17(24)9-14-27;;/h7,10-12,16-17H,5-6,8-9,13-15,24H2,1-4H3;2*1H. The van der Waals surface area contributed by atoms with E-state index in [0.717, 1.165) is 56.8 Å². The zero-order valence-electron chi connectivity index (χ0n) is 18.1. The maximum Gasteiger partial charge on any atom is 0.134 e. The second-order valence-electron chi connectivity index (χ2n) is 9.77. The van der Waals surface area contributed by atoms with Gasteiger partial charge in [0, 0.05) is 42.1 Å². The van der Waals surface area contributed by atoms with E-state index in [0.29, 0.717) is 12.0 Å². The molecular formula is C23H36Cl2N4. The molecule has 0 amide bonds. The monoisotopic (exact) mass is 438 g/mol. The van der Waals surface area contributed by atoms with Crippen molar-refractivity contribution in [3.05, 3.63) is 41.4 Å². The average molecular weight is 439 g/mol. The summed E-state index contributed by atoms with van der Waals surface area (Å²) in [5, 5.41) is 0. The first-order valence-electron chi connectivity index (χ1n) is 10.5. The van der Waals surface area contributed by atoms with Gasteiger partial charge in [-0.2, -0.15) is 0 Å². The smallest absolute Gasteiger partial charge is 0.134 e. The first-order chi connectivity index (χ1) is 12.8. The van der Waals surface area contributed by atoms with Gasteiger partial charge in [0.05, 0.1) is 0 Å². The molecule has 0 spiro atoms. The lowest BCUT2D eigenvalue weighted by Gasteiger charge is -2.43. The second-order valence-corrected chi connectivity index (χ2v) is 9.77. The van der Waals surface area contributed by atoms with E-state index in [-0.39, 0.29) is 35.6 Å². The third-order valence-electron chi connectivity index (χ3n) is 6.92. The number of nitrogens with zero attached hydrogens (tertiary/aromatic N) is 3. The number of allylic oxidation sites excluding steroid dienone is 4. The van der Waals surface area contributed by atoms with Crippen LogP contribution in [-0.4, -0.2) is 29.1 Å². The van der Waals surface area contributed by atoms with Crippen LogP contribution in [0.25, 0.3) is 0 Å². The number of hydrogen-bond acceptors (Lipinski definition) is 4. The summed E-state index contributed by atoms with van der Waals surface area (Å²) in [6.45, 7) is 11.4. The van der Waals surface area contributed by atoms with Crippen molar-refractivity contribution in [2.45, 2.75) is 71.8 Å². The molecule has 1 atom stereocenters. The minimum absolute atomic E-state index is 0. The maximum absolute atomic E-state index is 6.06. The largest absolute Gasteiger partial charge is 0.356 e. The highest BCUT2D eigenvalue weighted by molar-refractivity contribution is 5.85. The summed E-state index contributed by atoms with van der Waals surface area (Å²) in [7, 11) is 0. The van der Waals surface area contributed by atoms with E-state index in [1.807, 2.05) is 6.20 Å². The van der Waals surface area contributed by atoms with Gasteiger partial charge < -0.3 is 10.6 Å². The van der Waals surface area contributed by atoms with E-state index >= 15 is 0 Å². The number of nitrogens with two attached hydrogens (primary N) is 1. The van der Waals surface area contributed by atoms with Crippen molar-refractivity contribution >= 4 is 30.6 Å². The lowest BCUT2D eigenvalue weighted by atomic mass is 9.62. The van der Waals surface area contributed by atoms with Crippen LogP contribution >= 0.6 is 24.8 Å². The number of piperidine rings is 1. The summed E-state index contributed by atoms with van der Waals surface area (Å²) in [6, 6.07) is 2.40. The molecule has 0 saturated carbocycles. The zero-order chi connectivity index (χ0) is 19.2. The number of aromatic nitrogens is 2. The van der Waals surface area contributed by atoms with Crippen LogP contribution in [0.1, 0.15) is 71.5 Å². The Morgan fingerprint density at radius 3 is 2.24 bits per heavy atom. The van der Waals surface area contributed by atoms with Crippen molar-refractivity contribution in [1.82, 2.24) is 9.97 Å². The first-order valence-corrected chi connectivity index (χ1v) is 10.5. The summed E-state index contributed by atoms with van der Waals surface area (Å²) < 4.78 is 0. The van der Waals surface area contributed by atoms with Gasteiger partial charge in [0.15, 0.2) is 0 Å². The fourth-order valence-electron chi connectivity index (χ4n) is 5.01. The van der Waals surface area contributed by atoms with Gasteiger partial charge in [0.25, 0.3) is 0 Å². The Balaban J connectivity index is 0.00000150. The highest BCUT2D eigenvalue weighted by Crippen LogP contribution is 2.52. The molecule has 3 aliphatic rings. The van der Waals surface area contributed by atoms with Crippen LogP contribution in [-0.2, 0) is 0 Å². The van der Waals surface area contributed by atoms with Gasteiger partial charge in [-0.05, 0) is 38.2 Å². The molecule has 4 nitrogen and oxygen atoms in total. The van der Waals surface area contributed by atoms with Crippen molar-refractivity contribution in [2.75, 3.05) is 18.0 Å². The van der Waals surface area contributed by atoms with E-state index in [9.17, 15) is 0 Å². The Morgan fingerprint density at radius 2 is 1.59 bits per heavy atom. The Labute approximate surface area is 188 Å². The molecule has 1 aromatic heterocycles. The fourth-order valence-corrected chi connectivity index (χ4v) is 5.01. The molecule has 29 heavy (non-hydrogen) atoms. The Hall–Kier alpha value is -1.10. The Morgan fingerprint density at radius 1 is 0.966 bits per heavy atom. The van der Waals surface area contributed by atoms with Gasteiger partial charge in [-0.1, -0.05) is 51.0 Å². The molecule has 162 valence electrons. The van der Waals surface area contributed by atoms with Crippen molar-refractivity contribution < 1.29 is 0 Å².